The van der Waals surface area contributed by atoms with Gasteiger partial charge in [0.05, 0.1) is 11.5 Å². The van der Waals surface area contributed by atoms with Gasteiger partial charge < -0.3 is 9.84 Å². The first kappa shape index (κ1) is 15.6. The highest BCUT2D eigenvalue weighted by molar-refractivity contribution is 7.91. The molecule has 0 aromatic carbocycles. The van der Waals surface area contributed by atoms with Crippen molar-refractivity contribution >= 4 is 38.6 Å². The summed E-state index contributed by atoms with van der Waals surface area (Å²) in [6, 6.07) is 0.893. The Morgan fingerprint density at radius 1 is 1.65 bits per heavy atom. The normalized spacial score (nSPS) is 23.1. The molecule has 1 aromatic heterocycles. The van der Waals surface area contributed by atoms with Gasteiger partial charge in [0.25, 0.3) is 5.69 Å². The minimum Gasteiger partial charge on any atom is -0.386 e. The van der Waals surface area contributed by atoms with E-state index < -0.39 is 26.2 Å². The Hall–Kier alpha value is -0.780. The lowest BCUT2D eigenvalue weighted by atomic mass is 10.1. The van der Waals surface area contributed by atoms with Crippen LogP contribution in [0.4, 0.5) is 5.69 Å². The number of ether oxygens (including phenoxy) is 1. The van der Waals surface area contributed by atoms with Crippen LogP contribution in [0.5, 0.6) is 0 Å². The molecule has 11 heteroatoms. The second-order valence-corrected chi connectivity index (χ2v) is 7.98. The van der Waals surface area contributed by atoms with Gasteiger partial charge in [-0.1, -0.05) is 11.6 Å². The first-order valence-corrected chi connectivity index (χ1v) is 8.15. The number of hydrogen-bond donors (Lipinski definition) is 2. The average molecular weight is 343 g/mol. The molecule has 0 amide bonds. The first-order chi connectivity index (χ1) is 9.23. The minimum atomic E-state index is -3.96. The molecule has 1 aliphatic heterocycles. The van der Waals surface area contributed by atoms with Gasteiger partial charge >= 0.3 is 0 Å². The van der Waals surface area contributed by atoms with Gasteiger partial charge in [0.2, 0.25) is 10.0 Å². The predicted molar refractivity (Wildman–Crippen MR) is 71.6 cm³/mol. The molecular weight excluding hydrogens is 332 g/mol. The van der Waals surface area contributed by atoms with Crippen LogP contribution in [-0.4, -0.2) is 43.8 Å². The maximum atomic E-state index is 12.0. The van der Waals surface area contributed by atoms with Crippen LogP contribution >= 0.6 is 22.9 Å². The molecule has 0 bridgehead atoms. The van der Waals surface area contributed by atoms with E-state index in [4.69, 9.17) is 16.3 Å². The summed E-state index contributed by atoms with van der Waals surface area (Å²) < 4.78 is 30.7. The molecule has 2 N–H and O–H groups in total. The molecule has 1 saturated heterocycles. The predicted octanol–water partition coefficient (Wildman–Crippen LogP) is 0.739. The molecule has 0 saturated carbocycles. The zero-order chi connectivity index (χ0) is 15.0. The third kappa shape index (κ3) is 3.27. The third-order valence-corrected chi connectivity index (χ3v) is 5.99. The maximum Gasteiger partial charge on any atom is 0.300 e. The summed E-state index contributed by atoms with van der Waals surface area (Å²) in [5.41, 5.74) is -1.71. The van der Waals surface area contributed by atoms with Crippen molar-refractivity contribution in [1.29, 1.82) is 0 Å². The number of nitrogens with one attached hydrogen (secondary N) is 1. The van der Waals surface area contributed by atoms with Crippen LogP contribution in [0.15, 0.2) is 10.3 Å². The van der Waals surface area contributed by atoms with Crippen molar-refractivity contribution in [2.75, 3.05) is 19.8 Å². The highest BCUT2D eigenvalue weighted by Crippen LogP contribution is 2.36. The van der Waals surface area contributed by atoms with Crippen LogP contribution in [0.3, 0.4) is 0 Å². The molecule has 0 aliphatic carbocycles. The summed E-state index contributed by atoms with van der Waals surface area (Å²) in [4.78, 5) is 9.88. The molecule has 20 heavy (non-hydrogen) atoms. The van der Waals surface area contributed by atoms with E-state index in [2.05, 4.69) is 4.72 Å². The van der Waals surface area contributed by atoms with Crippen molar-refractivity contribution < 1.29 is 23.2 Å². The molecular formula is C9H11ClN2O6S2. The highest BCUT2D eigenvalue weighted by Gasteiger charge is 2.34. The largest absolute Gasteiger partial charge is 0.386 e. The van der Waals surface area contributed by atoms with Crippen molar-refractivity contribution in [2.24, 2.45) is 0 Å². The zero-order valence-electron chi connectivity index (χ0n) is 10.0. The Bertz CT molecular complexity index is 622. The van der Waals surface area contributed by atoms with Gasteiger partial charge in [-0.3, -0.25) is 10.1 Å². The molecule has 1 aromatic rings. The molecule has 0 radical (unpaired) electrons. The molecule has 1 fully saturated rings. The number of thiophene rings is 1. The van der Waals surface area contributed by atoms with Crippen molar-refractivity contribution in [1.82, 2.24) is 4.72 Å². The highest BCUT2D eigenvalue weighted by atomic mass is 35.5. The van der Waals surface area contributed by atoms with E-state index in [1.54, 1.807) is 0 Å². The van der Waals surface area contributed by atoms with Gasteiger partial charge in [-0.05, 0) is 0 Å². The van der Waals surface area contributed by atoms with Gasteiger partial charge in [-0.25, -0.2) is 13.1 Å². The van der Waals surface area contributed by atoms with Crippen LogP contribution in [-0.2, 0) is 14.8 Å². The Morgan fingerprint density at radius 3 is 2.85 bits per heavy atom. The Labute approximate surface area is 123 Å². The lowest BCUT2D eigenvalue weighted by Gasteiger charge is -2.20. The summed E-state index contributed by atoms with van der Waals surface area (Å²) in [6.07, 6.45) is 0.320. The third-order valence-electron chi connectivity index (χ3n) is 2.78. The van der Waals surface area contributed by atoms with E-state index in [-0.39, 0.29) is 21.7 Å². The fourth-order valence-corrected chi connectivity index (χ4v) is 4.46. The number of aliphatic hydroxyl groups is 1. The van der Waals surface area contributed by atoms with Crippen molar-refractivity contribution in [3.63, 3.8) is 0 Å². The summed E-state index contributed by atoms with van der Waals surface area (Å²) in [7, 11) is -3.96. The number of nitro groups is 1. The number of halogens is 1. The van der Waals surface area contributed by atoms with Crippen LogP contribution in [0, 0.1) is 10.1 Å². The quantitative estimate of drug-likeness (QED) is 0.601. The van der Waals surface area contributed by atoms with Gasteiger partial charge in [0, 0.05) is 25.6 Å². The van der Waals surface area contributed by atoms with Gasteiger partial charge in [0.15, 0.2) is 4.34 Å². The fraction of sp³-hybridized carbons (Fsp3) is 0.556. The molecule has 2 heterocycles. The number of sulfonamides is 1. The molecule has 0 spiro atoms. The standard InChI is InChI=1S/C9H11ClN2O6S2/c10-8-6(12(14)15)3-7(19-8)20(16,17)11-4-9(13)1-2-18-5-9/h3,11,13H,1-2,4-5H2. The first-order valence-electron chi connectivity index (χ1n) is 5.47. The maximum absolute atomic E-state index is 12.0. The Balaban J connectivity index is 2.14. The smallest absolute Gasteiger partial charge is 0.300 e. The topological polar surface area (TPSA) is 119 Å². The number of nitrogens with zero attached hydrogens (tertiary/aromatic N) is 1. The van der Waals surface area contributed by atoms with Crippen LogP contribution < -0.4 is 4.72 Å². The Morgan fingerprint density at radius 2 is 2.35 bits per heavy atom. The molecule has 1 unspecified atom stereocenters. The molecule has 112 valence electrons. The van der Waals surface area contributed by atoms with Gasteiger partial charge in [0.1, 0.15) is 9.81 Å². The zero-order valence-corrected chi connectivity index (χ0v) is 12.4. The second kappa shape index (κ2) is 5.54. The van der Waals surface area contributed by atoms with Gasteiger partial charge in [-0.2, -0.15) is 0 Å². The van der Waals surface area contributed by atoms with Gasteiger partial charge in [-0.15, -0.1) is 11.3 Å². The van der Waals surface area contributed by atoms with Crippen LogP contribution in [0.25, 0.3) is 0 Å². The summed E-state index contributed by atoms with van der Waals surface area (Å²) in [5.74, 6) is 0. The van der Waals surface area contributed by atoms with Crippen LogP contribution in [0.2, 0.25) is 4.34 Å². The fourth-order valence-electron chi connectivity index (χ4n) is 1.63. The van der Waals surface area contributed by atoms with Crippen molar-refractivity contribution in [2.45, 2.75) is 16.2 Å². The molecule has 1 atom stereocenters. The van der Waals surface area contributed by atoms with E-state index in [1.165, 1.54) is 0 Å². The summed E-state index contributed by atoms with van der Waals surface area (Å²) in [6.45, 7) is 0.175. The van der Waals surface area contributed by atoms with Crippen LogP contribution in [0.1, 0.15) is 6.42 Å². The van der Waals surface area contributed by atoms with E-state index in [9.17, 15) is 23.6 Å². The van der Waals surface area contributed by atoms with E-state index in [0.717, 1.165) is 6.07 Å². The van der Waals surface area contributed by atoms with E-state index >= 15 is 0 Å². The van der Waals surface area contributed by atoms with E-state index in [0.29, 0.717) is 24.4 Å². The van der Waals surface area contributed by atoms with Crippen molar-refractivity contribution in [3.8, 4) is 0 Å². The minimum absolute atomic E-state index is 0.0425. The summed E-state index contributed by atoms with van der Waals surface area (Å²) in [5, 5.41) is 20.6. The lowest BCUT2D eigenvalue weighted by molar-refractivity contribution is -0.384. The monoisotopic (exact) mass is 342 g/mol. The number of rotatable bonds is 5. The van der Waals surface area contributed by atoms with Crippen molar-refractivity contribution in [3.05, 3.63) is 20.5 Å². The second-order valence-electron chi connectivity index (χ2n) is 4.33. The average Bonchev–Trinajstić information content (AvgIpc) is 2.94. The molecule has 2 rings (SSSR count). The molecule has 8 nitrogen and oxygen atoms in total. The molecule has 1 aliphatic rings. The summed E-state index contributed by atoms with van der Waals surface area (Å²) >= 11 is 6.21. The van der Waals surface area contributed by atoms with E-state index in [1.807, 2.05) is 0 Å². The SMILES string of the molecule is O=[N+]([O-])c1cc(S(=O)(=O)NCC2(O)CCOC2)sc1Cl. The Kier molecular flexibility index (Phi) is 4.33. The number of hydrogen-bond acceptors (Lipinski definition) is 7. The lowest BCUT2D eigenvalue weighted by Crippen LogP contribution is -2.43.